The summed E-state index contributed by atoms with van der Waals surface area (Å²) in [6, 6.07) is 16.7. The number of ketones is 1. The fourth-order valence-corrected chi connectivity index (χ4v) is 3.96. The molecule has 0 unspecified atom stereocenters. The maximum Gasteiger partial charge on any atom is 0.203 e. The molecular formula is C27H26BrNO5. The van der Waals surface area contributed by atoms with Gasteiger partial charge in [-0.05, 0) is 51.3 Å². The predicted octanol–water partition coefficient (Wildman–Crippen LogP) is 6.46. The average molecular weight is 524 g/mol. The van der Waals surface area contributed by atoms with Crippen LogP contribution in [0.4, 0.5) is 5.69 Å². The Balaban J connectivity index is 1.86. The summed E-state index contributed by atoms with van der Waals surface area (Å²) in [5, 5.41) is 3.15. The molecule has 0 spiro atoms. The van der Waals surface area contributed by atoms with Gasteiger partial charge in [-0.1, -0.05) is 42.5 Å². The van der Waals surface area contributed by atoms with Gasteiger partial charge in [0.1, 0.15) is 0 Å². The van der Waals surface area contributed by atoms with Gasteiger partial charge in [0.05, 0.1) is 38.6 Å². The normalized spacial score (nSPS) is 11.0. The monoisotopic (exact) mass is 523 g/mol. The van der Waals surface area contributed by atoms with E-state index in [4.69, 9.17) is 18.9 Å². The van der Waals surface area contributed by atoms with Crippen LogP contribution in [0.1, 0.15) is 21.5 Å². The molecule has 0 aromatic heterocycles. The number of ether oxygens (including phenoxy) is 4. The Morgan fingerprint density at radius 2 is 1.38 bits per heavy atom. The molecule has 3 aromatic rings. The molecule has 7 heteroatoms. The number of carbonyl (C=O) groups is 1. The minimum Gasteiger partial charge on any atom is -0.493 e. The lowest BCUT2D eigenvalue weighted by molar-refractivity contribution is 0.104. The number of benzene rings is 3. The van der Waals surface area contributed by atoms with E-state index >= 15 is 0 Å². The molecule has 0 heterocycles. The summed E-state index contributed by atoms with van der Waals surface area (Å²) >= 11 is 3.56. The number of hydrogen-bond donors (Lipinski definition) is 1. The number of rotatable bonds is 10. The van der Waals surface area contributed by atoms with Crippen molar-refractivity contribution in [2.75, 3.05) is 33.8 Å². The molecule has 176 valence electrons. The zero-order valence-corrected chi connectivity index (χ0v) is 21.0. The number of hydrogen-bond acceptors (Lipinski definition) is 6. The van der Waals surface area contributed by atoms with Crippen LogP contribution in [0.25, 0.3) is 12.2 Å². The maximum atomic E-state index is 12.3. The molecule has 34 heavy (non-hydrogen) atoms. The Kier molecular flexibility index (Phi) is 8.76. The molecule has 0 aliphatic heterocycles. The first-order valence-corrected chi connectivity index (χ1v) is 11.2. The molecule has 0 atom stereocenters. The van der Waals surface area contributed by atoms with E-state index in [0.717, 1.165) is 15.6 Å². The first kappa shape index (κ1) is 24.9. The first-order chi connectivity index (χ1) is 16.5. The standard InChI is InChI=1S/C27H26BrNO5/c1-31-24-16-19(17-25(32-2)27(24)34-4)11-10-18-14-21(28)26(33-3)22(15-18)29-13-12-23(30)20-8-6-5-7-9-20/h5-17,29H,1-4H3/b11-10+,13-12-. The second kappa shape index (κ2) is 12.0. The molecule has 6 nitrogen and oxygen atoms in total. The van der Waals surface area contributed by atoms with E-state index in [-0.39, 0.29) is 5.78 Å². The Bertz CT molecular complexity index is 1180. The molecule has 0 radical (unpaired) electrons. The van der Waals surface area contributed by atoms with Gasteiger partial charge in [0.25, 0.3) is 0 Å². The van der Waals surface area contributed by atoms with Crippen LogP contribution in [0.5, 0.6) is 23.0 Å². The number of nitrogens with one attached hydrogen (secondary N) is 1. The minimum atomic E-state index is -0.0930. The molecule has 1 N–H and O–H groups in total. The highest BCUT2D eigenvalue weighted by molar-refractivity contribution is 9.10. The fraction of sp³-hybridized carbons (Fsp3) is 0.148. The van der Waals surface area contributed by atoms with Gasteiger partial charge in [0, 0.05) is 17.8 Å². The first-order valence-electron chi connectivity index (χ1n) is 10.4. The van der Waals surface area contributed by atoms with Crippen molar-refractivity contribution in [1.29, 1.82) is 0 Å². The van der Waals surface area contributed by atoms with E-state index < -0.39 is 0 Å². The van der Waals surface area contributed by atoms with Crippen molar-refractivity contribution in [2.45, 2.75) is 0 Å². The number of carbonyl (C=O) groups excluding carboxylic acids is 1. The third kappa shape index (κ3) is 5.99. The third-order valence-electron chi connectivity index (χ3n) is 4.96. The van der Waals surface area contributed by atoms with Gasteiger partial charge in [-0.15, -0.1) is 0 Å². The largest absolute Gasteiger partial charge is 0.493 e. The zero-order chi connectivity index (χ0) is 24.5. The molecule has 0 fully saturated rings. The lowest BCUT2D eigenvalue weighted by atomic mass is 10.1. The average Bonchev–Trinajstić information content (AvgIpc) is 2.87. The van der Waals surface area contributed by atoms with Crippen LogP contribution in [-0.2, 0) is 0 Å². The summed E-state index contributed by atoms with van der Waals surface area (Å²) in [5.41, 5.74) is 3.12. The summed E-state index contributed by atoms with van der Waals surface area (Å²) in [4.78, 5) is 12.3. The number of halogens is 1. The van der Waals surface area contributed by atoms with Crippen LogP contribution in [0.3, 0.4) is 0 Å². The van der Waals surface area contributed by atoms with Crippen LogP contribution in [-0.4, -0.2) is 34.2 Å². The van der Waals surface area contributed by atoms with Crippen molar-refractivity contribution in [3.05, 3.63) is 88.0 Å². The highest BCUT2D eigenvalue weighted by Crippen LogP contribution is 2.39. The maximum absolute atomic E-state index is 12.3. The van der Waals surface area contributed by atoms with Gasteiger partial charge >= 0.3 is 0 Å². The second-order valence-electron chi connectivity index (χ2n) is 7.08. The van der Waals surface area contributed by atoms with E-state index in [0.29, 0.717) is 34.2 Å². The van der Waals surface area contributed by atoms with Gasteiger partial charge in [0.2, 0.25) is 5.75 Å². The Labute approximate surface area is 207 Å². The van der Waals surface area contributed by atoms with Gasteiger partial charge in [-0.25, -0.2) is 0 Å². The van der Waals surface area contributed by atoms with E-state index in [1.165, 1.54) is 6.08 Å². The van der Waals surface area contributed by atoms with Crippen LogP contribution in [0.2, 0.25) is 0 Å². The molecule has 0 saturated carbocycles. The molecular weight excluding hydrogens is 498 g/mol. The van der Waals surface area contributed by atoms with Crippen molar-refractivity contribution in [2.24, 2.45) is 0 Å². The summed E-state index contributed by atoms with van der Waals surface area (Å²) in [6.07, 6.45) is 6.99. The quantitative estimate of drug-likeness (QED) is 0.187. The second-order valence-corrected chi connectivity index (χ2v) is 7.94. The van der Waals surface area contributed by atoms with E-state index in [1.807, 2.05) is 54.6 Å². The lowest BCUT2D eigenvalue weighted by Crippen LogP contribution is -1.98. The van der Waals surface area contributed by atoms with Crippen molar-refractivity contribution >= 4 is 39.6 Å². The molecule has 3 aromatic carbocycles. The number of anilines is 1. The van der Waals surface area contributed by atoms with Crippen LogP contribution >= 0.6 is 15.9 Å². The van der Waals surface area contributed by atoms with Crippen LogP contribution < -0.4 is 24.3 Å². The van der Waals surface area contributed by atoms with E-state index in [9.17, 15) is 4.79 Å². The molecule has 3 rings (SSSR count). The summed E-state index contributed by atoms with van der Waals surface area (Å²) in [7, 11) is 6.33. The van der Waals surface area contributed by atoms with Crippen molar-refractivity contribution in [1.82, 2.24) is 0 Å². The summed E-state index contributed by atoms with van der Waals surface area (Å²) in [5.74, 6) is 2.23. The summed E-state index contributed by atoms with van der Waals surface area (Å²) in [6.45, 7) is 0. The van der Waals surface area contributed by atoms with E-state index in [2.05, 4.69) is 21.2 Å². The van der Waals surface area contributed by atoms with Crippen molar-refractivity contribution in [3.8, 4) is 23.0 Å². The smallest absolute Gasteiger partial charge is 0.203 e. The highest BCUT2D eigenvalue weighted by Gasteiger charge is 2.12. The van der Waals surface area contributed by atoms with Gasteiger partial charge < -0.3 is 24.3 Å². The van der Waals surface area contributed by atoms with Gasteiger partial charge in [0.15, 0.2) is 23.0 Å². The zero-order valence-electron chi connectivity index (χ0n) is 19.4. The SMILES string of the molecule is COc1cc(/C=C/c2cc(Br)c(OC)c(N/C=C\C(=O)c3ccccc3)c2)cc(OC)c1OC. The predicted molar refractivity (Wildman–Crippen MR) is 139 cm³/mol. The van der Waals surface area contributed by atoms with Gasteiger partial charge in [-0.2, -0.15) is 0 Å². The molecule has 0 amide bonds. The van der Waals surface area contributed by atoms with Crippen LogP contribution in [0, 0.1) is 0 Å². The third-order valence-corrected chi connectivity index (χ3v) is 5.55. The number of methoxy groups -OCH3 is 4. The Morgan fingerprint density at radius 3 is 1.94 bits per heavy atom. The van der Waals surface area contributed by atoms with Crippen LogP contribution in [0.15, 0.2) is 71.3 Å². The van der Waals surface area contributed by atoms with Gasteiger partial charge in [-0.3, -0.25) is 4.79 Å². The number of allylic oxidation sites excluding steroid dienone is 1. The Hall–Kier alpha value is -3.71. The van der Waals surface area contributed by atoms with Crippen molar-refractivity contribution in [3.63, 3.8) is 0 Å². The highest BCUT2D eigenvalue weighted by atomic mass is 79.9. The lowest BCUT2D eigenvalue weighted by Gasteiger charge is -2.13. The molecule has 0 aliphatic carbocycles. The van der Waals surface area contributed by atoms with Crippen molar-refractivity contribution < 1.29 is 23.7 Å². The molecule has 0 saturated heterocycles. The molecule has 0 bridgehead atoms. The van der Waals surface area contributed by atoms with E-state index in [1.54, 1.807) is 46.8 Å². The minimum absolute atomic E-state index is 0.0930. The molecule has 0 aliphatic rings. The summed E-state index contributed by atoms with van der Waals surface area (Å²) < 4.78 is 22.5. The Morgan fingerprint density at radius 1 is 0.794 bits per heavy atom. The fourth-order valence-electron chi connectivity index (χ4n) is 3.32. The topological polar surface area (TPSA) is 66.0 Å².